The number of fused-ring (bicyclic) bond motifs is 8. The highest BCUT2D eigenvalue weighted by Gasteiger charge is 2.35. The average Bonchev–Trinajstić information content (AvgIpc) is 3.55. The van der Waals surface area contributed by atoms with Crippen molar-refractivity contribution in [1.29, 1.82) is 0 Å². The number of pyridine rings is 2. The molecule has 9 aromatic rings. The third-order valence-corrected chi connectivity index (χ3v) is 13.6. The third-order valence-electron chi connectivity index (χ3n) is 13.6. The normalized spacial score (nSPS) is 16.0. The van der Waals surface area contributed by atoms with Gasteiger partial charge in [0, 0.05) is 44.3 Å². The molecule has 7 aromatic carbocycles. The zero-order valence-electron chi connectivity index (χ0n) is 35.1. The maximum Gasteiger partial charge on any atom is 0.0794 e. The van der Waals surface area contributed by atoms with Crippen LogP contribution in [0.2, 0.25) is 0 Å². The van der Waals surface area contributed by atoms with E-state index in [0.717, 1.165) is 72.7 Å². The van der Waals surface area contributed by atoms with Gasteiger partial charge in [0.1, 0.15) is 0 Å². The number of hydrogen-bond donors (Lipinski definition) is 0. The number of hydrogen-bond acceptors (Lipinski definition) is 2. The summed E-state index contributed by atoms with van der Waals surface area (Å²) in [6.07, 6.45) is 11.5. The molecule has 61 heavy (non-hydrogen) atoms. The Balaban J connectivity index is 1.13. The molecule has 292 valence electrons. The Kier molecular flexibility index (Phi) is 8.44. The van der Waals surface area contributed by atoms with Gasteiger partial charge in [0.25, 0.3) is 0 Å². The Morgan fingerprint density at radius 3 is 2.05 bits per heavy atom. The van der Waals surface area contributed by atoms with Gasteiger partial charge in [-0.25, -0.2) is 4.98 Å². The second-order valence-electron chi connectivity index (χ2n) is 17.9. The lowest BCUT2D eigenvalue weighted by molar-refractivity contribution is 0.635. The van der Waals surface area contributed by atoms with Gasteiger partial charge in [-0.2, -0.15) is 0 Å². The molecular weight excluding hydrogens is 737 g/mol. The molecule has 2 aromatic heterocycles. The van der Waals surface area contributed by atoms with Gasteiger partial charge in [0.05, 0.1) is 16.7 Å². The van der Waals surface area contributed by atoms with Gasteiger partial charge in [-0.3, -0.25) is 4.98 Å². The monoisotopic (exact) mass is 782 g/mol. The van der Waals surface area contributed by atoms with E-state index in [1.807, 2.05) is 12.3 Å². The van der Waals surface area contributed by atoms with E-state index in [4.69, 9.17) is 9.97 Å². The number of rotatable bonds is 4. The van der Waals surface area contributed by atoms with Crippen LogP contribution in [0.3, 0.4) is 0 Å². The van der Waals surface area contributed by atoms with E-state index < -0.39 is 0 Å². The number of nitrogens with zero attached hydrogens (tertiary/aromatic N) is 2. The fourth-order valence-electron chi connectivity index (χ4n) is 9.94. The Bertz CT molecular complexity index is 3340. The van der Waals surface area contributed by atoms with Crippen LogP contribution >= 0.6 is 0 Å². The van der Waals surface area contributed by atoms with Crippen molar-refractivity contribution in [2.24, 2.45) is 0 Å². The first-order valence-corrected chi connectivity index (χ1v) is 21.4. The van der Waals surface area contributed by atoms with Gasteiger partial charge < -0.3 is 0 Å². The molecule has 0 spiro atoms. The summed E-state index contributed by atoms with van der Waals surface area (Å²) >= 11 is 0. The summed E-state index contributed by atoms with van der Waals surface area (Å²) in [5.41, 5.74) is 19.8. The summed E-state index contributed by atoms with van der Waals surface area (Å²) in [6.45, 7) is 13.8. The lowest BCUT2D eigenvalue weighted by atomic mass is 9.75. The van der Waals surface area contributed by atoms with Crippen molar-refractivity contribution < 1.29 is 0 Å². The zero-order chi connectivity index (χ0) is 41.5. The van der Waals surface area contributed by atoms with Crippen molar-refractivity contribution in [3.05, 3.63) is 217 Å². The van der Waals surface area contributed by atoms with Gasteiger partial charge in [-0.15, -0.1) is 0 Å². The summed E-state index contributed by atoms with van der Waals surface area (Å²) in [5.74, 6) is 0. The molecule has 2 nitrogen and oxygen atoms in total. The van der Waals surface area contributed by atoms with E-state index in [1.54, 1.807) is 0 Å². The summed E-state index contributed by atoms with van der Waals surface area (Å²) in [4.78, 5) is 10.4. The molecule has 2 aliphatic rings. The average molecular weight is 783 g/mol. The van der Waals surface area contributed by atoms with Crippen LogP contribution in [0.4, 0.5) is 0 Å². The minimum absolute atomic E-state index is 0.0990. The molecule has 0 fully saturated rings. The van der Waals surface area contributed by atoms with E-state index >= 15 is 0 Å². The first kappa shape index (κ1) is 36.9. The fourth-order valence-corrected chi connectivity index (χ4v) is 9.94. The van der Waals surface area contributed by atoms with Crippen LogP contribution in [0.25, 0.3) is 88.3 Å². The van der Waals surface area contributed by atoms with Gasteiger partial charge in [0.2, 0.25) is 0 Å². The smallest absolute Gasteiger partial charge is 0.0794 e. The summed E-state index contributed by atoms with van der Waals surface area (Å²) in [7, 11) is 0. The molecule has 0 bridgehead atoms. The Labute approximate surface area is 358 Å². The van der Waals surface area contributed by atoms with Crippen LogP contribution in [0.5, 0.6) is 0 Å². The van der Waals surface area contributed by atoms with Crippen molar-refractivity contribution >= 4 is 32.6 Å². The Morgan fingerprint density at radius 1 is 0.492 bits per heavy atom. The van der Waals surface area contributed by atoms with E-state index in [9.17, 15) is 0 Å². The molecule has 0 saturated carbocycles. The topological polar surface area (TPSA) is 25.8 Å². The number of para-hydroxylation sites is 1. The zero-order valence-corrected chi connectivity index (χ0v) is 35.1. The summed E-state index contributed by atoms with van der Waals surface area (Å²) in [5, 5.41) is 4.61. The largest absolute Gasteiger partial charge is 0.256 e. The maximum absolute atomic E-state index is 5.61. The molecule has 11 rings (SSSR count). The van der Waals surface area contributed by atoms with Crippen molar-refractivity contribution in [3.8, 4) is 55.8 Å². The molecule has 0 radical (unpaired) electrons. The van der Waals surface area contributed by atoms with E-state index in [2.05, 4.69) is 204 Å². The lowest BCUT2D eigenvalue weighted by Gasteiger charge is -2.29. The van der Waals surface area contributed by atoms with Crippen LogP contribution in [0, 0.1) is 0 Å². The first-order valence-electron chi connectivity index (χ1n) is 21.4. The lowest BCUT2D eigenvalue weighted by Crippen LogP contribution is -2.20. The standard InChI is InChI=1S/C59H46N2/c1-37-15-7-6-8-16-40-27-28-43(33-53(40)58(37,2)3)56-35-50(39-25-23-38(24-26-39)44-31-42-17-9-14-22-55(42)60-36-44)51-34-49(45-18-10-11-20-48(45)57(51)61-56)41-29-30-47-46-19-12-13-21-52(46)59(4,5)54(47)32-41/h6-15,17-36H,1,16H2,2-5H3/b8-6-,15-7-. The second kappa shape index (κ2) is 14.0. The highest BCUT2D eigenvalue weighted by molar-refractivity contribution is 6.16. The minimum atomic E-state index is -0.256. The molecular formula is C59H46N2. The van der Waals surface area contributed by atoms with Crippen LogP contribution in [-0.2, 0) is 17.3 Å². The van der Waals surface area contributed by atoms with Gasteiger partial charge in [-0.05, 0) is 115 Å². The molecule has 0 unspecified atom stereocenters. The molecule has 0 N–H and O–H groups in total. The van der Waals surface area contributed by atoms with Crippen LogP contribution in [-0.4, -0.2) is 9.97 Å². The molecule has 0 amide bonds. The van der Waals surface area contributed by atoms with Gasteiger partial charge >= 0.3 is 0 Å². The minimum Gasteiger partial charge on any atom is -0.256 e. The number of benzene rings is 7. The summed E-state index contributed by atoms with van der Waals surface area (Å²) in [6, 6.07) is 56.0. The maximum atomic E-state index is 5.61. The number of aromatic nitrogens is 2. The Morgan fingerprint density at radius 2 is 1.18 bits per heavy atom. The molecule has 2 heteroatoms. The Hall–Kier alpha value is -7.16. The van der Waals surface area contributed by atoms with Crippen molar-refractivity contribution in [1.82, 2.24) is 9.97 Å². The quantitative estimate of drug-likeness (QED) is 0.166. The van der Waals surface area contributed by atoms with Crippen molar-refractivity contribution in [2.75, 3.05) is 0 Å². The molecule has 0 aliphatic heterocycles. The van der Waals surface area contributed by atoms with Crippen LogP contribution < -0.4 is 0 Å². The predicted molar refractivity (Wildman–Crippen MR) is 258 cm³/mol. The molecule has 2 heterocycles. The number of allylic oxidation sites excluding steroid dienone is 5. The first-order chi connectivity index (χ1) is 29.6. The van der Waals surface area contributed by atoms with Gasteiger partial charge in [0.15, 0.2) is 0 Å². The predicted octanol–water partition coefficient (Wildman–Crippen LogP) is 15.4. The van der Waals surface area contributed by atoms with Crippen molar-refractivity contribution in [3.63, 3.8) is 0 Å². The molecule has 0 saturated heterocycles. The molecule has 0 atom stereocenters. The van der Waals surface area contributed by atoms with E-state index in [0.29, 0.717) is 0 Å². The molecule has 2 aliphatic carbocycles. The highest BCUT2D eigenvalue weighted by Crippen LogP contribution is 2.50. The summed E-state index contributed by atoms with van der Waals surface area (Å²) < 4.78 is 0. The van der Waals surface area contributed by atoms with E-state index in [1.165, 1.54) is 49.9 Å². The second-order valence-corrected chi connectivity index (χ2v) is 17.9. The van der Waals surface area contributed by atoms with Gasteiger partial charge in [-0.1, -0.05) is 174 Å². The van der Waals surface area contributed by atoms with E-state index in [-0.39, 0.29) is 10.8 Å². The third kappa shape index (κ3) is 6.00. The fraction of sp³-hybridized carbons (Fsp3) is 0.119. The highest BCUT2D eigenvalue weighted by atomic mass is 14.7. The van der Waals surface area contributed by atoms with Crippen LogP contribution in [0.15, 0.2) is 194 Å². The van der Waals surface area contributed by atoms with Crippen LogP contribution in [0.1, 0.15) is 49.9 Å². The van der Waals surface area contributed by atoms with Crippen molar-refractivity contribution in [2.45, 2.75) is 44.9 Å². The SMILES string of the molecule is C=C1/C=C\C=C/Cc2ccc(-c3cc(-c4ccc(-c5cnc6ccccc6c5)cc4)c4cc(-c5ccc6c(c5)C(C)(C)c5ccccc5-6)c5ccccc5c4n3)cc2C1(C)C.